The Morgan fingerprint density at radius 3 is 2.04 bits per heavy atom. The lowest BCUT2D eigenvalue weighted by Crippen LogP contribution is -2.17. The van der Waals surface area contributed by atoms with Gasteiger partial charge in [0.25, 0.3) is 5.91 Å². The molecular formula is C17H24N4OS. The fraction of sp³-hybridized carbons (Fsp3) is 0.529. The molecule has 0 aromatic carbocycles. The van der Waals surface area contributed by atoms with E-state index < -0.39 is 0 Å². The molecule has 23 heavy (non-hydrogen) atoms. The van der Waals surface area contributed by atoms with Crippen LogP contribution in [0.2, 0.25) is 0 Å². The van der Waals surface area contributed by atoms with Crippen molar-refractivity contribution in [1.29, 1.82) is 0 Å². The van der Waals surface area contributed by atoms with Gasteiger partial charge in [-0.05, 0) is 6.92 Å². The van der Waals surface area contributed by atoms with Crippen LogP contribution in [0.25, 0.3) is 0 Å². The van der Waals surface area contributed by atoms with Crippen molar-refractivity contribution in [2.24, 2.45) is 0 Å². The van der Waals surface area contributed by atoms with Gasteiger partial charge in [0.05, 0.1) is 28.8 Å². The number of carbonyl (C=O) groups is 1. The van der Waals surface area contributed by atoms with Gasteiger partial charge in [0, 0.05) is 10.8 Å². The molecule has 2 rings (SSSR count). The summed E-state index contributed by atoms with van der Waals surface area (Å²) >= 11 is 1.44. The Balaban J connectivity index is 2.18. The molecule has 5 nitrogen and oxygen atoms in total. The zero-order chi connectivity index (χ0) is 17.4. The number of nitrogens with one attached hydrogen (secondary N) is 1. The largest absolute Gasteiger partial charge is 0.319 e. The maximum atomic E-state index is 12.5. The number of nitrogens with zero attached hydrogens (tertiary/aromatic N) is 3. The molecule has 0 aliphatic rings. The van der Waals surface area contributed by atoms with Gasteiger partial charge in [-0.15, -0.1) is 11.3 Å². The van der Waals surface area contributed by atoms with Gasteiger partial charge in [0.15, 0.2) is 0 Å². The number of aryl methyl sites for hydroxylation is 1. The molecule has 124 valence electrons. The van der Waals surface area contributed by atoms with E-state index in [1.807, 2.05) is 6.92 Å². The molecular weight excluding hydrogens is 308 g/mol. The molecule has 2 heterocycles. The van der Waals surface area contributed by atoms with Crippen LogP contribution < -0.4 is 5.32 Å². The van der Waals surface area contributed by atoms with E-state index in [-0.39, 0.29) is 16.7 Å². The van der Waals surface area contributed by atoms with Crippen molar-refractivity contribution in [3.8, 4) is 0 Å². The fourth-order valence-corrected chi connectivity index (χ4v) is 2.91. The number of thiazole rings is 1. The van der Waals surface area contributed by atoms with E-state index in [1.165, 1.54) is 11.3 Å². The van der Waals surface area contributed by atoms with Crippen LogP contribution in [-0.4, -0.2) is 20.9 Å². The zero-order valence-electron chi connectivity index (χ0n) is 14.8. The normalized spacial score (nSPS) is 12.3. The Morgan fingerprint density at radius 1 is 1.04 bits per heavy atom. The van der Waals surface area contributed by atoms with Crippen LogP contribution in [0.4, 0.5) is 5.69 Å². The third-order valence-corrected chi connectivity index (χ3v) is 4.81. The van der Waals surface area contributed by atoms with Crippen LogP contribution in [0.5, 0.6) is 0 Å². The summed E-state index contributed by atoms with van der Waals surface area (Å²) in [4.78, 5) is 26.3. The van der Waals surface area contributed by atoms with E-state index >= 15 is 0 Å². The Morgan fingerprint density at radius 2 is 1.61 bits per heavy atom. The van der Waals surface area contributed by atoms with Crippen molar-refractivity contribution in [3.63, 3.8) is 0 Å². The number of hydrogen-bond acceptors (Lipinski definition) is 5. The predicted molar refractivity (Wildman–Crippen MR) is 94.2 cm³/mol. The highest BCUT2D eigenvalue weighted by Gasteiger charge is 2.23. The lowest BCUT2D eigenvalue weighted by molar-refractivity contribution is 0.102. The molecule has 0 aliphatic heterocycles. The highest BCUT2D eigenvalue weighted by molar-refractivity contribution is 7.14. The van der Waals surface area contributed by atoms with Crippen LogP contribution >= 0.6 is 11.3 Å². The first-order chi connectivity index (χ1) is 10.5. The van der Waals surface area contributed by atoms with E-state index in [9.17, 15) is 4.79 Å². The quantitative estimate of drug-likeness (QED) is 0.899. The molecule has 0 saturated heterocycles. The van der Waals surface area contributed by atoms with Gasteiger partial charge in [-0.3, -0.25) is 4.79 Å². The van der Waals surface area contributed by atoms with Gasteiger partial charge < -0.3 is 5.32 Å². The zero-order valence-corrected chi connectivity index (χ0v) is 15.6. The third kappa shape index (κ3) is 4.13. The minimum Gasteiger partial charge on any atom is -0.319 e. The summed E-state index contributed by atoms with van der Waals surface area (Å²) in [6.07, 6.45) is 3.29. The molecule has 0 radical (unpaired) electrons. The van der Waals surface area contributed by atoms with Crippen molar-refractivity contribution in [2.75, 3.05) is 5.32 Å². The van der Waals surface area contributed by atoms with E-state index in [4.69, 9.17) is 0 Å². The maximum absolute atomic E-state index is 12.5. The second kappa shape index (κ2) is 6.00. The molecule has 0 fully saturated rings. The van der Waals surface area contributed by atoms with Crippen molar-refractivity contribution in [2.45, 2.75) is 59.3 Å². The van der Waals surface area contributed by atoms with Gasteiger partial charge in [0.1, 0.15) is 10.7 Å². The average molecular weight is 332 g/mol. The summed E-state index contributed by atoms with van der Waals surface area (Å²) in [5.41, 5.74) is 1.17. The molecule has 0 atom stereocenters. The van der Waals surface area contributed by atoms with Gasteiger partial charge >= 0.3 is 0 Å². The predicted octanol–water partition coefficient (Wildman–Crippen LogP) is 4.09. The van der Waals surface area contributed by atoms with Crippen molar-refractivity contribution >= 4 is 22.9 Å². The highest BCUT2D eigenvalue weighted by Crippen LogP contribution is 2.29. The first kappa shape index (κ1) is 17.5. The Bertz CT molecular complexity index is 706. The summed E-state index contributed by atoms with van der Waals surface area (Å²) < 4.78 is 0. The molecule has 2 aromatic rings. The maximum Gasteiger partial charge on any atom is 0.267 e. The molecule has 0 unspecified atom stereocenters. The topological polar surface area (TPSA) is 67.8 Å². The van der Waals surface area contributed by atoms with E-state index in [2.05, 4.69) is 61.8 Å². The molecule has 0 bridgehead atoms. The second-order valence-corrected chi connectivity index (χ2v) is 8.68. The molecule has 0 aliphatic carbocycles. The van der Waals surface area contributed by atoms with Gasteiger partial charge in [0.2, 0.25) is 0 Å². The summed E-state index contributed by atoms with van der Waals surface area (Å²) in [6, 6.07) is 0. The Labute approximate surface area is 141 Å². The van der Waals surface area contributed by atoms with Crippen LogP contribution in [0, 0.1) is 6.92 Å². The van der Waals surface area contributed by atoms with Gasteiger partial charge in [-0.1, -0.05) is 41.5 Å². The first-order valence-electron chi connectivity index (χ1n) is 7.60. The molecule has 0 spiro atoms. The van der Waals surface area contributed by atoms with Crippen molar-refractivity contribution < 1.29 is 4.79 Å². The number of aromatic nitrogens is 3. The van der Waals surface area contributed by atoms with E-state index in [0.717, 1.165) is 16.5 Å². The summed E-state index contributed by atoms with van der Waals surface area (Å²) in [5, 5.41) is 3.81. The Hall–Kier alpha value is -1.82. The average Bonchev–Trinajstić information content (AvgIpc) is 2.80. The third-order valence-electron chi connectivity index (χ3n) is 3.22. The van der Waals surface area contributed by atoms with Gasteiger partial charge in [-0.25, -0.2) is 15.0 Å². The molecule has 2 aromatic heterocycles. The van der Waals surface area contributed by atoms with E-state index in [0.29, 0.717) is 10.6 Å². The number of rotatable bonds is 2. The summed E-state index contributed by atoms with van der Waals surface area (Å²) in [7, 11) is 0. The van der Waals surface area contributed by atoms with Crippen LogP contribution in [-0.2, 0) is 10.8 Å². The molecule has 6 heteroatoms. The van der Waals surface area contributed by atoms with Crippen LogP contribution in [0.15, 0.2) is 12.4 Å². The lowest BCUT2D eigenvalue weighted by Gasteiger charge is -2.16. The number of amides is 1. The van der Waals surface area contributed by atoms with E-state index in [1.54, 1.807) is 12.4 Å². The van der Waals surface area contributed by atoms with Crippen molar-refractivity contribution in [3.05, 3.63) is 33.8 Å². The van der Waals surface area contributed by atoms with Crippen LogP contribution in [0.3, 0.4) is 0 Å². The lowest BCUT2D eigenvalue weighted by atomic mass is 9.96. The van der Waals surface area contributed by atoms with Crippen LogP contribution in [0.1, 0.15) is 67.7 Å². The summed E-state index contributed by atoms with van der Waals surface area (Å²) in [6.45, 7) is 14.3. The van der Waals surface area contributed by atoms with Gasteiger partial charge in [-0.2, -0.15) is 0 Å². The molecule has 1 amide bonds. The Kier molecular flexibility index (Phi) is 4.57. The smallest absolute Gasteiger partial charge is 0.267 e. The highest BCUT2D eigenvalue weighted by atomic mass is 32.1. The monoisotopic (exact) mass is 332 g/mol. The number of carbonyl (C=O) groups excluding carboxylic acids is 1. The summed E-state index contributed by atoms with van der Waals surface area (Å²) in [5.74, 6) is 0.585. The standard InChI is InChI=1S/C17H24N4OS/c1-10-12(23-15(20-10)17(5,6)7)13(22)21-11-8-18-14(19-9-11)16(2,3)4/h8-9H,1-7H3,(H,21,22). The fourth-order valence-electron chi connectivity index (χ4n) is 1.90. The minimum atomic E-state index is -0.164. The second-order valence-electron chi connectivity index (χ2n) is 7.68. The first-order valence-corrected chi connectivity index (χ1v) is 8.42. The van der Waals surface area contributed by atoms with Crippen molar-refractivity contribution in [1.82, 2.24) is 15.0 Å². The minimum absolute atomic E-state index is 0.0641. The SMILES string of the molecule is Cc1nc(C(C)(C)C)sc1C(=O)Nc1cnc(C(C)(C)C)nc1. The number of anilines is 1. The molecule has 0 saturated carbocycles. The molecule has 1 N–H and O–H groups in total. The number of hydrogen-bond donors (Lipinski definition) is 1.